The van der Waals surface area contributed by atoms with Crippen LogP contribution in [-0.4, -0.2) is 41.1 Å². The van der Waals surface area contributed by atoms with Crippen LogP contribution in [0.5, 0.6) is 0 Å². The van der Waals surface area contributed by atoms with E-state index >= 15 is 0 Å². The minimum atomic E-state index is -4.68. The first kappa shape index (κ1) is 15.4. The molecule has 1 aromatic rings. The maximum absolute atomic E-state index is 12.3. The van der Waals surface area contributed by atoms with Crippen molar-refractivity contribution in [1.82, 2.24) is 4.90 Å². The molecule has 3 N–H and O–H groups in total. The highest BCUT2D eigenvalue weighted by Gasteiger charge is 2.36. The summed E-state index contributed by atoms with van der Waals surface area (Å²) >= 11 is 1.11. The highest BCUT2D eigenvalue weighted by atomic mass is 32.1. The summed E-state index contributed by atoms with van der Waals surface area (Å²) < 4.78 is 36.9. The molecule has 0 bridgehead atoms. The molecule has 0 aliphatic heterocycles. The average Bonchev–Trinajstić information content (AvgIpc) is 2.76. The van der Waals surface area contributed by atoms with Crippen LogP contribution in [0.15, 0.2) is 17.5 Å². The van der Waals surface area contributed by atoms with Gasteiger partial charge in [0.2, 0.25) is 5.91 Å². The molecule has 0 saturated carbocycles. The second kappa shape index (κ2) is 6.02. The summed E-state index contributed by atoms with van der Waals surface area (Å²) in [5.41, 5.74) is 5.54. The summed E-state index contributed by atoms with van der Waals surface area (Å²) in [6.07, 6.45) is -4.68. The highest BCUT2D eigenvalue weighted by molar-refractivity contribution is 7.10. The Morgan fingerprint density at radius 1 is 1.47 bits per heavy atom. The minimum Gasteiger partial charge on any atom is -0.480 e. The van der Waals surface area contributed by atoms with Gasteiger partial charge in [0.05, 0.1) is 0 Å². The van der Waals surface area contributed by atoms with Gasteiger partial charge in [-0.3, -0.25) is 9.59 Å². The van der Waals surface area contributed by atoms with Crippen LogP contribution in [0.3, 0.4) is 0 Å². The molecule has 5 nitrogen and oxygen atoms in total. The van der Waals surface area contributed by atoms with Crippen molar-refractivity contribution in [2.24, 2.45) is 5.73 Å². The molecule has 1 unspecified atom stereocenters. The van der Waals surface area contributed by atoms with Crippen LogP contribution in [0.1, 0.15) is 10.9 Å². The zero-order valence-corrected chi connectivity index (χ0v) is 10.4. The second-order valence-electron chi connectivity index (χ2n) is 3.70. The predicted octanol–water partition coefficient (Wildman–Crippen LogP) is 1.22. The molecule has 0 aliphatic rings. The maximum atomic E-state index is 12.3. The van der Waals surface area contributed by atoms with Crippen molar-refractivity contribution in [3.63, 3.8) is 0 Å². The summed E-state index contributed by atoms with van der Waals surface area (Å²) in [4.78, 5) is 22.9. The third kappa shape index (κ3) is 4.87. The van der Waals surface area contributed by atoms with Gasteiger partial charge in [0.25, 0.3) is 0 Å². The average molecular weight is 296 g/mol. The van der Waals surface area contributed by atoms with Gasteiger partial charge in [-0.15, -0.1) is 11.3 Å². The van der Waals surface area contributed by atoms with Crippen LogP contribution < -0.4 is 5.73 Å². The lowest BCUT2D eigenvalue weighted by atomic mass is 10.2. The van der Waals surface area contributed by atoms with Gasteiger partial charge in [0.1, 0.15) is 19.1 Å². The van der Waals surface area contributed by atoms with E-state index in [-0.39, 0.29) is 4.90 Å². The minimum absolute atomic E-state index is 0.187. The van der Waals surface area contributed by atoms with Crippen molar-refractivity contribution in [2.75, 3.05) is 13.1 Å². The van der Waals surface area contributed by atoms with Crippen molar-refractivity contribution < 1.29 is 27.9 Å². The first-order valence-corrected chi connectivity index (χ1v) is 5.95. The smallest absolute Gasteiger partial charge is 0.406 e. The van der Waals surface area contributed by atoms with Crippen molar-refractivity contribution in [3.8, 4) is 0 Å². The van der Waals surface area contributed by atoms with E-state index in [1.807, 2.05) is 0 Å². The predicted molar refractivity (Wildman–Crippen MR) is 61.5 cm³/mol. The number of carbonyl (C=O) groups excluding carboxylic acids is 1. The third-order valence-corrected chi connectivity index (χ3v) is 3.08. The molecular formula is C10H11F3N2O3S. The summed E-state index contributed by atoms with van der Waals surface area (Å²) in [6.45, 7) is -2.69. The Morgan fingerprint density at radius 3 is 2.53 bits per heavy atom. The lowest BCUT2D eigenvalue weighted by Gasteiger charge is -2.24. The Hall–Kier alpha value is -1.61. The highest BCUT2D eigenvalue weighted by Crippen LogP contribution is 2.22. The molecule has 0 spiro atoms. The molecule has 1 aromatic heterocycles. The lowest BCUT2D eigenvalue weighted by molar-refractivity contribution is -0.166. The first-order chi connectivity index (χ1) is 8.70. The van der Waals surface area contributed by atoms with Crippen LogP contribution in [0.2, 0.25) is 0 Å². The monoisotopic (exact) mass is 296 g/mol. The van der Waals surface area contributed by atoms with Gasteiger partial charge in [-0.1, -0.05) is 6.07 Å². The van der Waals surface area contributed by atoms with E-state index in [9.17, 15) is 22.8 Å². The van der Waals surface area contributed by atoms with E-state index in [0.717, 1.165) is 11.3 Å². The largest absolute Gasteiger partial charge is 0.480 e. The summed E-state index contributed by atoms with van der Waals surface area (Å²) in [6, 6.07) is 1.81. The number of carboxylic acid groups (broad SMARTS) is 1. The number of aliphatic carboxylic acids is 1. The Labute approximate surface area is 110 Å². The normalized spacial score (nSPS) is 13.1. The number of halogens is 3. The van der Waals surface area contributed by atoms with Gasteiger partial charge < -0.3 is 15.7 Å². The number of hydrogen-bond acceptors (Lipinski definition) is 4. The van der Waals surface area contributed by atoms with Crippen molar-refractivity contribution in [1.29, 1.82) is 0 Å². The molecule has 0 fully saturated rings. The van der Waals surface area contributed by atoms with E-state index in [1.54, 1.807) is 11.4 Å². The Morgan fingerprint density at radius 2 is 2.11 bits per heavy atom. The quantitative estimate of drug-likeness (QED) is 0.856. The fourth-order valence-electron chi connectivity index (χ4n) is 1.38. The van der Waals surface area contributed by atoms with Gasteiger partial charge in [-0.05, 0) is 11.4 Å². The number of hydrogen-bond donors (Lipinski definition) is 2. The van der Waals surface area contributed by atoms with E-state index in [4.69, 9.17) is 10.8 Å². The van der Waals surface area contributed by atoms with Crippen LogP contribution in [0.25, 0.3) is 0 Å². The van der Waals surface area contributed by atoms with E-state index < -0.39 is 37.2 Å². The number of thiophene rings is 1. The van der Waals surface area contributed by atoms with Crippen molar-refractivity contribution in [3.05, 3.63) is 22.4 Å². The molecule has 19 heavy (non-hydrogen) atoms. The Kier molecular flexibility index (Phi) is 4.90. The van der Waals surface area contributed by atoms with Crippen LogP contribution >= 0.6 is 11.3 Å². The molecule has 1 heterocycles. The number of carboxylic acids is 1. The molecule has 1 amide bonds. The van der Waals surface area contributed by atoms with Gasteiger partial charge in [-0.25, -0.2) is 0 Å². The van der Waals surface area contributed by atoms with Crippen LogP contribution in [0.4, 0.5) is 13.2 Å². The number of alkyl halides is 3. The Balaban J connectivity index is 2.84. The standard InChI is InChI=1S/C10H11F3N2O3S/c11-10(12,13)5-15(4-7(16)17)9(18)8(14)6-2-1-3-19-6/h1-3,8H,4-5,14H2,(H,16,17). The zero-order chi connectivity index (χ0) is 14.6. The lowest BCUT2D eigenvalue weighted by Crippen LogP contribution is -2.45. The van der Waals surface area contributed by atoms with E-state index in [2.05, 4.69) is 0 Å². The molecule has 0 aromatic carbocycles. The fourth-order valence-corrected chi connectivity index (χ4v) is 2.10. The SMILES string of the molecule is NC(C(=O)N(CC(=O)O)CC(F)(F)F)c1cccs1. The molecule has 1 atom stereocenters. The number of rotatable bonds is 5. The number of nitrogens with zero attached hydrogens (tertiary/aromatic N) is 1. The van der Waals surface area contributed by atoms with E-state index in [1.165, 1.54) is 6.07 Å². The molecule has 106 valence electrons. The van der Waals surface area contributed by atoms with Gasteiger partial charge in [0, 0.05) is 4.88 Å². The van der Waals surface area contributed by atoms with E-state index in [0.29, 0.717) is 4.88 Å². The zero-order valence-electron chi connectivity index (χ0n) is 9.55. The fraction of sp³-hybridized carbons (Fsp3) is 0.400. The van der Waals surface area contributed by atoms with Crippen LogP contribution in [-0.2, 0) is 9.59 Å². The summed E-state index contributed by atoms with van der Waals surface area (Å²) in [7, 11) is 0. The maximum Gasteiger partial charge on any atom is 0.406 e. The number of amides is 1. The number of carbonyl (C=O) groups is 2. The molecular weight excluding hydrogens is 285 g/mol. The van der Waals surface area contributed by atoms with Crippen molar-refractivity contribution in [2.45, 2.75) is 12.2 Å². The molecule has 0 radical (unpaired) electrons. The summed E-state index contributed by atoms with van der Waals surface area (Å²) in [5, 5.41) is 10.2. The second-order valence-corrected chi connectivity index (χ2v) is 4.68. The Bertz CT molecular complexity index is 447. The molecule has 0 saturated heterocycles. The van der Waals surface area contributed by atoms with Crippen LogP contribution in [0, 0.1) is 0 Å². The van der Waals surface area contributed by atoms with Gasteiger partial charge in [-0.2, -0.15) is 13.2 Å². The summed E-state index contributed by atoms with van der Waals surface area (Å²) in [5.74, 6) is -2.60. The topological polar surface area (TPSA) is 83.6 Å². The molecule has 0 aliphatic carbocycles. The molecule has 1 rings (SSSR count). The van der Waals surface area contributed by atoms with Crippen molar-refractivity contribution >= 4 is 23.2 Å². The third-order valence-electron chi connectivity index (χ3n) is 2.12. The first-order valence-electron chi connectivity index (χ1n) is 5.07. The number of nitrogens with two attached hydrogens (primary N) is 1. The van der Waals surface area contributed by atoms with Gasteiger partial charge in [0.15, 0.2) is 0 Å². The molecule has 9 heteroatoms. The van der Waals surface area contributed by atoms with Gasteiger partial charge >= 0.3 is 12.1 Å².